The van der Waals surface area contributed by atoms with Gasteiger partial charge in [0.2, 0.25) is 0 Å². The number of esters is 3. The van der Waals surface area contributed by atoms with Gasteiger partial charge in [-0.1, -0.05) is 217 Å². The number of hydrogen-bond donors (Lipinski definition) is 0. The van der Waals surface area contributed by atoms with Crippen molar-refractivity contribution in [3.63, 3.8) is 0 Å². The molecule has 0 aromatic heterocycles. The Bertz CT molecular complexity index is 1030. The van der Waals surface area contributed by atoms with Crippen LogP contribution in [0, 0.1) is 0 Å². The highest BCUT2D eigenvalue weighted by atomic mass is 16.6. The number of carbonyl (C=O) groups is 3. The summed E-state index contributed by atoms with van der Waals surface area (Å²) >= 11 is 0. The lowest BCUT2D eigenvalue weighted by molar-refractivity contribution is -0.167. The molecule has 0 fully saturated rings. The fourth-order valence-corrected chi connectivity index (χ4v) is 6.90. The molecule has 0 saturated heterocycles. The molecule has 0 saturated carbocycles. The van der Waals surface area contributed by atoms with Crippen molar-refractivity contribution in [3.8, 4) is 0 Å². The normalized spacial score (nSPS) is 12.4. The van der Waals surface area contributed by atoms with Crippen molar-refractivity contribution in [3.05, 3.63) is 48.6 Å². The number of allylic oxidation sites excluding steroid dienone is 8. The second-order valence-electron chi connectivity index (χ2n) is 16.4. The first-order valence-electron chi connectivity index (χ1n) is 24.6. The molecule has 0 spiro atoms. The minimum Gasteiger partial charge on any atom is -0.462 e. The van der Waals surface area contributed by atoms with Crippen LogP contribution >= 0.6 is 0 Å². The number of unbranched alkanes of at least 4 members (excludes halogenated alkanes) is 25. The maximum atomic E-state index is 12.7. The molecule has 0 aliphatic heterocycles. The third-order valence-corrected chi connectivity index (χ3v) is 10.6. The Balaban J connectivity index is 4.20. The lowest BCUT2D eigenvalue weighted by atomic mass is 10.0. The van der Waals surface area contributed by atoms with Gasteiger partial charge in [0.05, 0.1) is 0 Å². The largest absolute Gasteiger partial charge is 0.462 e. The maximum Gasteiger partial charge on any atom is 0.306 e. The number of hydrogen-bond acceptors (Lipinski definition) is 6. The van der Waals surface area contributed by atoms with E-state index in [0.29, 0.717) is 19.3 Å². The van der Waals surface area contributed by atoms with Crippen molar-refractivity contribution >= 4 is 17.9 Å². The van der Waals surface area contributed by atoms with Crippen molar-refractivity contribution < 1.29 is 28.6 Å². The van der Waals surface area contributed by atoms with Gasteiger partial charge in [0.25, 0.3) is 0 Å². The molecule has 0 bridgehead atoms. The lowest BCUT2D eigenvalue weighted by Gasteiger charge is -2.18. The first-order valence-corrected chi connectivity index (χ1v) is 24.6. The van der Waals surface area contributed by atoms with E-state index in [1.807, 2.05) is 0 Å². The molecule has 0 heterocycles. The molecule has 0 aromatic carbocycles. The van der Waals surface area contributed by atoms with E-state index < -0.39 is 6.10 Å². The van der Waals surface area contributed by atoms with Gasteiger partial charge >= 0.3 is 17.9 Å². The smallest absolute Gasteiger partial charge is 0.306 e. The van der Waals surface area contributed by atoms with E-state index in [1.165, 1.54) is 103 Å². The van der Waals surface area contributed by atoms with Crippen molar-refractivity contribution in [1.29, 1.82) is 0 Å². The summed E-state index contributed by atoms with van der Waals surface area (Å²) in [6.07, 6.45) is 55.6. The van der Waals surface area contributed by atoms with Gasteiger partial charge in [0.1, 0.15) is 13.2 Å². The van der Waals surface area contributed by atoms with Gasteiger partial charge in [0, 0.05) is 19.3 Å². The minimum atomic E-state index is -0.779. The highest BCUT2D eigenvalue weighted by molar-refractivity contribution is 5.71. The summed E-state index contributed by atoms with van der Waals surface area (Å²) in [5.74, 6) is -0.914. The molecule has 0 N–H and O–H groups in total. The van der Waals surface area contributed by atoms with Gasteiger partial charge in [-0.25, -0.2) is 0 Å². The van der Waals surface area contributed by atoms with E-state index in [0.717, 1.165) is 103 Å². The third kappa shape index (κ3) is 44.5. The Morgan fingerprint density at radius 2 is 0.672 bits per heavy atom. The Labute approximate surface area is 358 Å². The van der Waals surface area contributed by atoms with Crippen LogP contribution in [-0.4, -0.2) is 37.2 Å². The van der Waals surface area contributed by atoms with Gasteiger partial charge in [-0.3, -0.25) is 14.4 Å². The SMILES string of the molecule is CC/C=C\C/C=C\C/C=C\C/C=C\CCCCCCC(=O)OC(COC(=O)CCCCCCC)COC(=O)CCCCCCCCCCCCCCCCCCCC. The molecule has 6 heteroatoms. The summed E-state index contributed by atoms with van der Waals surface area (Å²) in [6.45, 7) is 6.43. The second kappa shape index (κ2) is 47.1. The van der Waals surface area contributed by atoms with Crippen LogP contribution in [0.25, 0.3) is 0 Å². The summed E-state index contributed by atoms with van der Waals surface area (Å²) in [5, 5.41) is 0. The maximum absolute atomic E-state index is 12.7. The molecule has 1 unspecified atom stereocenters. The van der Waals surface area contributed by atoms with Crippen molar-refractivity contribution in [1.82, 2.24) is 0 Å². The number of rotatable bonds is 44. The summed E-state index contributed by atoms with van der Waals surface area (Å²) in [6, 6.07) is 0. The van der Waals surface area contributed by atoms with E-state index >= 15 is 0 Å². The van der Waals surface area contributed by atoms with Crippen LogP contribution in [-0.2, 0) is 28.6 Å². The van der Waals surface area contributed by atoms with Gasteiger partial charge in [-0.2, -0.15) is 0 Å². The topological polar surface area (TPSA) is 78.9 Å². The van der Waals surface area contributed by atoms with Crippen LogP contribution < -0.4 is 0 Å². The zero-order valence-corrected chi connectivity index (χ0v) is 38.3. The lowest BCUT2D eigenvalue weighted by Crippen LogP contribution is -2.30. The fourth-order valence-electron chi connectivity index (χ4n) is 6.90. The molecule has 0 aliphatic carbocycles. The standard InChI is InChI=1S/C52H92O6/c1-4-7-10-13-15-17-19-21-23-25-27-28-30-32-34-36-39-42-45-51(54)57-48-49(47-56-50(53)44-41-38-12-9-6-3)58-52(55)46-43-40-37-35-33-31-29-26-24-22-20-18-16-14-11-8-5-2/h8,11,16,18,22,24,29,31,49H,4-7,9-10,12-15,17,19-21,23,25-28,30,32-48H2,1-3H3/b11-8-,18-16-,24-22-,31-29-. The Hall–Kier alpha value is -2.63. The predicted molar refractivity (Wildman–Crippen MR) is 247 cm³/mol. The monoisotopic (exact) mass is 813 g/mol. The van der Waals surface area contributed by atoms with E-state index in [9.17, 15) is 14.4 Å². The molecule has 6 nitrogen and oxygen atoms in total. The minimum absolute atomic E-state index is 0.0811. The number of ether oxygens (including phenoxy) is 3. The van der Waals surface area contributed by atoms with Crippen molar-refractivity contribution in [2.24, 2.45) is 0 Å². The molecular weight excluding hydrogens is 721 g/mol. The van der Waals surface area contributed by atoms with E-state index in [-0.39, 0.29) is 31.1 Å². The van der Waals surface area contributed by atoms with E-state index in [2.05, 4.69) is 69.4 Å². The summed E-state index contributed by atoms with van der Waals surface area (Å²) < 4.78 is 16.6. The third-order valence-electron chi connectivity index (χ3n) is 10.6. The van der Waals surface area contributed by atoms with Crippen LogP contribution in [0.1, 0.15) is 245 Å². The molecule has 1 atom stereocenters. The van der Waals surface area contributed by atoms with Crippen LogP contribution in [0.3, 0.4) is 0 Å². The highest BCUT2D eigenvalue weighted by Gasteiger charge is 2.19. The number of carbonyl (C=O) groups excluding carboxylic acids is 3. The molecule has 58 heavy (non-hydrogen) atoms. The second-order valence-corrected chi connectivity index (χ2v) is 16.4. The van der Waals surface area contributed by atoms with E-state index in [4.69, 9.17) is 14.2 Å². The molecule has 0 rings (SSSR count). The summed E-state index contributed by atoms with van der Waals surface area (Å²) in [5.41, 5.74) is 0. The van der Waals surface area contributed by atoms with E-state index in [1.54, 1.807) is 0 Å². The van der Waals surface area contributed by atoms with Gasteiger partial charge < -0.3 is 14.2 Å². The average molecular weight is 813 g/mol. The Kier molecular flexibility index (Phi) is 44.9. The molecular formula is C52H92O6. The van der Waals surface area contributed by atoms with Gasteiger partial charge in [-0.05, 0) is 57.8 Å². The molecule has 336 valence electrons. The fraction of sp³-hybridized carbons (Fsp3) is 0.788. The quantitative estimate of drug-likeness (QED) is 0.0264. The summed E-state index contributed by atoms with van der Waals surface area (Å²) in [4.78, 5) is 37.6. The van der Waals surface area contributed by atoms with Gasteiger partial charge in [-0.15, -0.1) is 0 Å². The molecule has 0 radical (unpaired) electrons. The van der Waals surface area contributed by atoms with Crippen molar-refractivity contribution in [2.75, 3.05) is 13.2 Å². The average Bonchev–Trinajstić information content (AvgIpc) is 3.22. The highest BCUT2D eigenvalue weighted by Crippen LogP contribution is 2.15. The zero-order valence-electron chi connectivity index (χ0n) is 38.3. The first kappa shape index (κ1) is 55.4. The van der Waals surface area contributed by atoms with Gasteiger partial charge in [0.15, 0.2) is 6.10 Å². The van der Waals surface area contributed by atoms with Crippen LogP contribution in [0.15, 0.2) is 48.6 Å². The van der Waals surface area contributed by atoms with Crippen LogP contribution in [0.2, 0.25) is 0 Å². The molecule has 0 aliphatic rings. The van der Waals surface area contributed by atoms with Crippen LogP contribution in [0.4, 0.5) is 0 Å². The Morgan fingerprint density at radius 1 is 0.362 bits per heavy atom. The zero-order chi connectivity index (χ0) is 42.3. The Morgan fingerprint density at radius 3 is 1.05 bits per heavy atom. The van der Waals surface area contributed by atoms with Crippen molar-refractivity contribution in [2.45, 2.75) is 252 Å². The molecule has 0 aromatic rings. The molecule has 0 amide bonds. The predicted octanol–water partition coefficient (Wildman–Crippen LogP) is 15.9. The summed E-state index contributed by atoms with van der Waals surface area (Å²) in [7, 11) is 0. The first-order chi connectivity index (χ1) is 28.5. The van der Waals surface area contributed by atoms with Crippen LogP contribution in [0.5, 0.6) is 0 Å².